The molecule has 1 aromatic heterocycles. The molecule has 3 N–H and O–H groups in total. The molecule has 0 spiro atoms. The Morgan fingerprint density at radius 3 is 2.74 bits per heavy atom. The van der Waals surface area contributed by atoms with E-state index < -0.39 is 5.82 Å². The Morgan fingerprint density at radius 1 is 1.42 bits per heavy atom. The maximum Gasteiger partial charge on any atom is 0.267 e. The van der Waals surface area contributed by atoms with Crippen molar-refractivity contribution in [3.8, 4) is 0 Å². The first kappa shape index (κ1) is 13.9. The fraction of sp³-hybridized carbons (Fsp3) is 0. The molecule has 0 atom stereocenters. The number of nitrogens with two attached hydrogens (primary N) is 1. The van der Waals surface area contributed by atoms with Crippen molar-refractivity contribution in [2.45, 2.75) is 0 Å². The maximum absolute atomic E-state index is 13.1. The van der Waals surface area contributed by atoms with E-state index in [1.54, 1.807) is 11.4 Å². The third-order valence-corrected chi connectivity index (χ3v) is 3.88. The molecule has 98 valence electrons. The van der Waals surface area contributed by atoms with Gasteiger partial charge in [0, 0.05) is 5.56 Å². The number of anilines is 1. The van der Waals surface area contributed by atoms with Gasteiger partial charge in [0.15, 0.2) is 0 Å². The van der Waals surface area contributed by atoms with Crippen molar-refractivity contribution >= 4 is 51.7 Å². The summed E-state index contributed by atoms with van der Waals surface area (Å²) in [5, 5.41) is 4.68. The average Bonchev–Trinajstić information content (AvgIpc) is 2.77. The third-order valence-electron chi connectivity index (χ3n) is 2.32. The van der Waals surface area contributed by atoms with Crippen molar-refractivity contribution in [3.05, 3.63) is 50.9 Å². The second-order valence-corrected chi connectivity index (χ2v) is 5.37. The highest BCUT2D eigenvalue weighted by Gasteiger charge is 2.15. The van der Waals surface area contributed by atoms with Crippen LogP contribution < -0.4 is 11.1 Å². The van der Waals surface area contributed by atoms with E-state index in [2.05, 4.69) is 5.32 Å². The Hall–Kier alpha value is -1.50. The number of thiophene rings is 1. The smallest absolute Gasteiger partial charge is 0.267 e. The Kier molecular flexibility index (Phi) is 4.14. The summed E-state index contributed by atoms with van der Waals surface area (Å²) < 4.78 is 13.1. The number of halogens is 2. The van der Waals surface area contributed by atoms with Crippen LogP contribution in [-0.4, -0.2) is 10.9 Å². The molecular formula is C12H8ClFN2OS2. The zero-order valence-electron chi connectivity index (χ0n) is 9.44. The lowest BCUT2D eigenvalue weighted by atomic mass is 10.1. The van der Waals surface area contributed by atoms with E-state index in [0.717, 1.165) is 0 Å². The summed E-state index contributed by atoms with van der Waals surface area (Å²) in [6, 6.07) is 5.42. The van der Waals surface area contributed by atoms with Crippen LogP contribution in [0.5, 0.6) is 0 Å². The zero-order chi connectivity index (χ0) is 14.0. The normalized spacial score (nSPS) is 10.2. The molecule has 0 radical (unpaired) electrons. The molecule has 3 nitrogen and oxygen atoms in total. The van der Waals surface area contributed by atoms with E-state index in [-0.39, 0.29) is 16.5 Å². The molecule has 0 saturated heterocycles. The first-order valence-electron chi connectivity index (χ1n) is 5.12. The Balaban J connectivity index is 2.32. The van der Waals surface area contributed by atoms with Crippen molar-refractivity contribution in [3.63, 3.8) is 0 Å². The summed E-state index contributed by atoms with van der Waals surface area (Å²) in [5.74, 6) is -0.862. The second-order valence-electron chi connectivity index (χ2n) is 3.61. The minimum absolute atomic E-state index is 0.00655. The van der Waals surface area contributed by atoms with Gasteiger partial charge in [0.2, 0.25) is 0 Å². The predicted octanol–water partition coefficient (Wildman–Crippen LogP) is 3.43. The SMILES string of the molecule is NC(=S)c1cc(F)ccc1NC(=O)c1sccc1Cl. The fourth-order valence-electron chi connectivity index (χ4n) is 1.46. The molecule has 1 amide bonds. The van der Waals surface area contributed by atoms with Gasteiger partial charge >= 0.3 is 0 Å². The van der Waals surface area contributed by atoms with Crippen LogP contribution in [0.4, 0.5) is 10.1 Å². The van der Waals surface area contributed by atoms with Crippen molar-refractivity contribution in [1.29, 1.82) is 0 Å². The van der Waals surface area contributed by atoms with Crippen LogP contribution >= 0.6 is 35.2 Å². The zero-order valence-corrected chi connectivity index (χ0v) is 11.8. The molecule has 0 aliphatic heterocycles. The van der Waals surface area contributed by atoms with Crippen LogP contribution in [0.3, 0.4) is 0 Å². The Bertz CT molecular complexity index is 657. The van der Waals surface area contributed by atoms with E-state index in [0.29, 0.717) is 15.6 Å². The van der Waals surface area contributed by atoms with Gasteiger partial charge in [-0.25, -0.2) is 4.39 Å². The highest BCUT2D eigenvalue weighted by atomic mass is 35.5. The first-order chi connectivity index (χ1) is 8.99. The van der Waals surface area contributed by atoms with Crippen LogP contribution in [0.25, 0.3) is 0 Å². The van der Waals surface area contributed by atoms with E-state index in [4.69, 9.17) is 29.6 Å². The van der Waals surface area contributed by atoms with Crippen LogP contribution in [-0.2, 0) is 0 Å². The summed E-state index contributed by atoms with van der Waals surface area (Å²) in [6.07, 6.45) is 0. The first-order valence-corrected chi connectivity index (χ1v) is 6.79. The molecule has 2 rings (SSSR count). The standard InChI is InChI=1S/C12H8ClFN2OS2/c13-8-3-4-19-10(8)12(17)16-9-2-1-6(14)5-7(9)11(15)18/h1-5H,(H2,15,18)(H,16,17). The molecule has 0 unspecified atom stereocenters. The lowest BCUT2D eigenvalue weighted by molar-refractivity contribution is 0.103. The summed E-state index contributed by atoms with van der Waals surface area (Å²) in [7, 11) is 0. The molecule has 0 bridgehead atoms. The third kappa shape index (κ3) is 3.09. The highest BCUT2D eigenvalue weighted by Crippen LogP contribution is 2.24. The number of carbonyl (C=O) groups excluding carboxylic acids is 1. The molecule has 0 aliphatic carbocycles. The van der Waals surface area contributed by atoms with Crippen LogP contribution in [0, 0.1) is 5.82 Å². The van der Waals surface area contributed by atoms with E-state index in [9.17, 15) is 9.18 Å². The fourth-order valence-corrected chi connectivity index (χ4v) is 2.67. The van der Waals surface area contributed by atoms with Gasteiger partial charge in [0.05, 0.1) is 10.7 Å². The minimum Gasteiger partial charge on any atom is -0.389 e. The predicted molar refractivity (Wildman–Crippen MR) is 79.6 cm³/mol. The lowest BCUT2D eigenvalue weighted by Crippen LogP contribution is -2.17. The van der Waals surface area contributed by atoms with E-state index >= 15 is 0 Å². The van der Waals surface area contributed by atoms with Gasteiger partial charge in [0.25, 0.3) is 5.91 Å². The average molecular weight is 315 g/mol. The van der Waals surface area contributed by atoms with Crippen molar-refractivity contribution in [1.82, 2.24) is 0 Å². The number of hydrogen-bond donors (Lipinski definition) is 2. The van der Waals surface area contributed by atoms with Gasteiger partial charge in [0.1, 0.15) is 15.7 Å². The van der Waals surface area contributed by atoms with E-state index in [1.165, 1.54) is 29.5 Å². The lowest BCUT2D eigenvalue weighted by Gasteiger charge is -2.09. The molecule has 1 aromatic carbocycles. The van der Waals surface area contributed by atoms with Gasteiger partial charge < -0.3 is 11.1 Å². The number of thiocarbonyl (C=S) groups is 1. The Morgan fingerprint density at radius 2 is 2.16 bits per heavy atom. The van der Waals surface area contributed by atoms with E-state index in [1.807, 2.05) is 0 Å². The van der Waals surface area contributed by atoms with Gasteiger partial charge in [-0.2, -0.15) is 0 Å². The highest BCUT2D eigenvalue weighted by molar-refractivity contribution is 7.80. The van der Waals surface area contributed by atoms with Crippen molar-refractivity contribution < 1.29 is 9.18 Å². The van der Waals surface area contributed by atoms with Gasteiger partial charge in [-0.1, -0.05) is 23.8 Å². The van der Waals surface area contributed by atoms with Crippen molar-refractivity contribution in [2.24, 2.45) is 5.73 Å². The monoisotopic (exact) mass is 314 g/mol. The summed E-state index contributed by atoms with van der Waals surface area (Å²) in [5.41, 5.74) is 6.12. The Labute approximate surface area is 123 Å². The number of benzene rings is 1. The molecule has 2 aromatic rings. The van der Waals surface area contributed by atoms with Crippen LogP contribution in [0.2, 0.25) is 5.02 Å². The van der Waals surface area contributed by atoms with Gasteiger partial charge in [-0.3, -0.25) is 4.79 Å². The van der Waals surface area contributed by atoms with Crippen molar-refractivity contribution in [2.75, 3.05) is 5.32 Å². The topological polar surface area (TPSA) is 55.1 Å². The summed E-state index contributed by atoms with van der Waals surface area (Å²) in [4.78, 5) is 12.4. The van der Waals surface area contributed by atoms with Gasteiger partial charge in [-0.15, -0.1) is 11.3 Å². The maximum atomic E-state index is 13.1. The number of hydrogen-bond acceptors (Lipinski definition) is 3. The van der Waals surface area contributed by atoms with Crippen LogP contribution in [0.1, 0.15) is 15.2 Å². The molecule has 19 heavy (non-hydrogen) atoms. The summed E-state index contributed by atoms with van der Waals surface area (Å²) >= 11 is 11.9. The minimum atomic E-state index is -0.477. The largest absolute Gasteiger partial charge is 0.389 e. The van der Waals surface area contributed by atoms with Crippen LogP contribution in [0.15, 0.2) is 29.6 Å². The number of rotatable bonds is 3. The molecule has 0 saturated carbocycles. The number of carbonyl (C=O) groups is 1. The van der Waals surface area contributed by atoms with Gasteiger partial charge in [-0.05, 0) is 29.6 Å². The molecule has 7 heteroatoms. The molecule has 0 fully saturated rings. The second kappa shape index (κ2) is 5.64. The molecule has 0 aliphatic rings. The summed E-state index contributed by atoms with van der Waals surface area (Å²) in [6.45, 7) is 0. The number of nitrogens with one attached hydrogen (secondary N) is 1. The molecular weight excluding hydrogens is 307 g/mol. The molecule has 1 heterocycles. The number of amides is 1. The quantitative estimate of drug-likeness (QED) is 0.853.